The number of benzene rings is 2. The summed E-state index contributed by atoms with van der Waals surface area (Å²) in [4.78, 5) is 24.8. The van der Waals surface area contributed by atoms with E-state index in [1.807, 2.05) is 13.8 Å². The van der Waals surface area contributed by atoms with Crippen LogP contribution in [0.1, 0.15) is 50.7 Å². The number of aliphatic hydroxyl groups is 1. The van der Waals surface area contributed by atoms with E-state index in [4.69, 9.17) is 0 Å². The molecule has 2 aliphatic rings. The van der Waals surface area contributed by atoms with Crippen molar-refractivity contribution in [2.24, 2.45) is 4.40 Å². The number of nitrogens with zero attached hydrogens (tertiary/aromatic N) is 1. The summed E-state index contributed by atoms with van der Waals surface area (Å²) >= 11 is 0. The minimum atomic E-state index is -5.16. The summed E-state index contributed by atoms with van der Waals surface area (Å²) in [5, 5.41) is 15.5. The first-order valence-electron chi connectivity index (χ1n) is 11.6. The zero-order chi connectivity index (χ0) is 27.2. The Labute approximate surface area is 211 Å². The molecule has 2 aromatic rings. The molecule has 0 bridgehead atoms. The van der Waals surface area contributed by atoms with Gasteiger partial charge in [0.2, 0.25) is 0 Å². The molecule has 12 heteroatoms. The maximum absolute atomic E-state index is 14.0. The van der Waals surface area contributed by atoms with E-state index < -0.39 is 49.6 Å². The fourth-order valence-corrected chi connectivity index (χ4v) is 6.10. The van der Waals surface area contributed by atoms with Crippen LogP contribution in [0.15, 0.2) is 57.3 Å². The van der Waals surface area contributed by atoms with Gasteiger partial charge >= 0.3 is 12.1 Å². The van der Waals surface area contributed by atoms with Crippen molar-refractivity contribution in [3.05, 3.63) is 59.2 Å². The number of hydrogen-bond donors (Lipinski definition) is 3. The summed E-state index contributed by atoms with van der Waals surface area (Å²) in [6, 6.07) is 9.98. The molecule has 0 fully saturated rings. The number of ketones is 1. The fourth-order valence-electron chi connectivity index (χ4n) is 4.95. The fraction of sp³-hybridized carbons (Fsp3) is 0.320. The van der Waals surface area contributed by atoms with Gasteiger partial charge in [0.25, 0.3) is 10.0 Å². The molecule has 4 rings (SSSR count). The van der Waals surface area contributed by atoms with E-state index in [0.29, 0.717) is 36.8 Å². The first-order chi connectivity index (χ1) is 17.4. The maximum Gasteiger partial charge on any atom is 0.471 e. The predicted octanol–water partition coefficient (Wildman–Crippen LogP) is 5.09. The number of hydrogen-bond acceptors (Lipinski definition) is 6. The van der Waals surface area contributed by atoms with E-state index in [1.54, 1.807) is 29.6 Å². The molecule has 1 heterocycles. The van der Waals surface area contributed by atoms with Gasteiger partial charge in [-0.15, -0.1) is 4.40 Å². The molecule has 1 amide bonds. The smallest absolute Gasteiger partial charge is 0.471 e. The van der Waals surface area contributed by atoms with E-state index in [-0.39, 0.29) is 17.1 Å². The number of carbonyl (C=O) groups is 2. The van der Waals surface area contributed by atoms with Gasteiger partial charge in [-0.1, -0.05) is 51.0 Å². The van der Waals surface area contributed by atoms with E-state index in [9.17, 15) is 36.3 Å². The van der Waals surface area contributed by atoms with Crippen molar-refractivity contribution in [1.29, 1.82) is 0 Å². The number of sulfonamides is 1. The van der Waals surface area contributed by atoms with Crippen molar-refractivity contribution in [3.63, 3.8) is 0 Å². The lowest BCUT2D eigenvalue weighted by Gasteiger charge is -2.39. The highest BCUT2D eigenvalue weighted by molar-refractivity contribution is 7.90. The van der Waals surface area contributed by atoms with Crippen molar-refractivity contribution in [2.45, 2.75) is 56.0 Å². The lowest BCUT2D eigenvalue weighted by atomic mass is 9.63. The van der Waals surface area contributed by atoms with Gasteiger partial charge in [-0.2, -0.15) is 21.6 Å². The number of alkyl halides is 3. The molecule has 0 saturated carbocycles. The number of amidine groups is 1. The van der Waals surface area contributed by atoms with Gasteiger partial charge in [0, 0.05) is 11.3 Å². The molecule has 8 nitrogen and oxygen atoms in total. The molecule has 0 radical (unpaired) electrons. The van der Waals surface area contributed by atoms with Crippen LogP contribution in [0.5, 0.6) is 0 Å². The molecule has 2 aromatic carbocycles. The van der Waals surface area contributed by atoms with Gasteiger partial charge in [0.1, 0.15) is 16.2 Å². The van der Waals surface area contributed by atoms with E-state index >= 15 is 0 Å². The van der Waals surface area contributed by atoms with Crippen molar-refractivity contribution >= 4 is 44.7 Å². The molecule has 0 atom stereocenters. The van der Waals surface area contributed by atoms with Crippen LogP contribution in [0.3, 0.4) is 0 Å². The average molecular weight is 536 g/mol. The average Bonchev–Trinajstić information content (AvgIpc) is 2.82. The van der Waals surface area contributed by atoms with Crippen molar-refractivity contribution in [1.82, 2.24) is 0 Å². The first kappa shape index (κ1) is 26.4. The Bertz CT molecular complexity index is 1460. The van der Waals surface area contributed by atoms with Gasteiger partial charge in [-0.3, -0.25) is 9.59 Å². The molecular formula is C25H24F3N3O5S. The van der Waals surface area contributed by atoms with Crippen LogP contribution in [-0.2, 0) is 25.0 Å². The van der Waals surface area contributed by atoms with Gasteiger partial charge in [0.05, 0.1) is 11.1 Å². The van der Waals surface area contributed by atoms with Crippen molar-refractivity contribution in [2.75, 3.05) is 10.6 Å². The Morgan fingerprint density at radius 2 is 1.76 bits per heavy atom. The third-order valence-electron chi connectivity index (χ3n) is 6.43. The van der Waals surface area contributed by atoms with Crippen LogP contribution in [0.4, 0.5) is 24.5 Å². The Morgan fingerprint density at radius 1 is 1.11 bits per heavy atom. The van der Waals surface area contributed by atoms with Crippen LogP contribution in [0, 0.1) is 0 Å². The van der Waals surface area contributed by atoms with Crippen molar-refractivity contribution in [3.8, 4) is 0 Å². The molecule has 0 saturated heterocycles. The third kappa shape index (κ3) is 4.50. The number of rotatable bonds is 6. The van der Waals surface area contributed by atoms with Crippen LogP contribution < -0.4 is 10.6 Å². The molecule has 1 aliphatic carbocycles. The first-order valence-corrected chi connectivity index (χ1v) is 13.0. The minimum Gasteiger partial charge on any atom is -0.506 e. The predicted molar refractivity (Wildman–Crippen MR) is 132 cm³/mol. The summed E-state index contributed by atoms with van der Waals surface area (Å²) < 4.78 is 67.6. The number of Topliss-reactive ketones (excluding diaryl/α,β-unsaturated/α-hetero) is 1. The number of nitrogens with one attached hydrogen (secondary N) is 2. The molecule has 196 valence electrons. The molecule has 0 spiro atoms. The molecule has 0 unspecified atom stereocenters. The van der Waals surface area contributed by atoms with Crippen LogP contribution >= 0.6 is 0 Å². The topological polar surface area (TPSA) is 125 Å². The Morgan fingerprint density at radius 3 is 2.38 bits per heavy atom. The number of halogens is 3. The number of aliphatic hydroxyl groups excluding tert-OH is 1. The van der Waals surface area contributed by atoms with Gasteiger partial charge in [-0.05, 0) is 36.6 Å². The van der Waals surface area contributed by atoms with Gasteiger partial charge in [-0.25, -0.2) is 0 Å². The summed E-state index contributed by atoms with van der Waals surface area (Å²) in [6.45, 7) is 3.86. The highest BCUT2D eigenvalue weighted by atomic mass is 32.2. The van der Waals surface area contributed by atoms with Crippen LogP contribution in [0.25, 0.3) is 5.76 Å². The zero-order valence-corrected chi connectivity index (χ0v) is 20.8. The highest BCUT2D eigenvalue weighted by Crippen LogP contribution is 2.46. The molecule has 37 heavy (non-hydrogen) atoms. The zero-order valence-electron chi connectivity index (χ0n) is 19.9. The highest BCUT2D eigenvalue weighted by Gasteiger charge is 2.48. The number of amides is 1. The lowest BCUT2D eigenvalue weighted by Crippen LogP contribution is -2.44. The quantitative estimate of drug-likeness (QED) is 0.473. The largest absolute Gasteiger partial charge is 0.506 e. The second-order valence-corrected chi connectivity index (χ2v) is 10.5. The van der Waals surface area contributed by atoms with Gasteiger partial charge in [0.15, 0.2) is 11.6 Å². The second kappa shape index (κ2) is 9.33. The maximum atomic E-state index is 14.0. The summed E-state index contributed by atoms with van der Waals surface area (Å²) in [5.74, 6) is -3.52. The molecule has 0 aromatic heterocycles. The number of anilines is 2. The summed E-state index contributed by atoms with van der Waals surface area (Å²) in [6.07, 6.45) is -2.93. The normalized spacial score (nSPS) is 17.9. The van der Waals surface area contributed by atoms with E-state index in [1.165, 1.54) is 0 Å². The molecule has 1 aliphatic heterocycles. The lowest BCUT2D eigenvalue weighted by molar-refractivity contribution is -0.167. The van der Waals surface area contributed by atoms with Crippen LogP contribution in [0.2, 0.25) is 0 Å². The standard InChI is InChI=1S/C25H24F3N3O5S/c1-3-11-24(12-4-2)16-8-6-5-7-15(16)20(32)19(21(24)33)22-30-17-10-9-14(29-23(34)25(26,27)28)13-18(17)37(35,36)31-22/h5-10,13,32H,3-4,11-12H2,1-2H3,(H,29,34)(H,30,31). The SMILES string of the molecule is CCCC1(CCC)C(=O)C(C2=NS(=O)(=O)c3cc(NC(=O)C(F)(F)F)ccc3N2)=C(O)c2ccccc21. The Balaban J connectivity index is 1.83. The van der Waals surface area contributed by atoms with E-state index in [2.05, 4.69) is 9.71 Å². The monoisotopic (exact) mass is 535 g/mol. The Kier molecular flexibility index (Phi) is 6.65. The summed E-state index contributed by atoms with van der Waals surface area (Å²) in [7, 11) is -4.52. The minimum absolute atomic E-state index is 0.0708. The third-order valence-corrected chi connectivity index (χ3v) is 7.74. The van der Waals surface area contributed by atoms with Crippen LogP contribution in [-0.4, -0.2) is 37.2 Å². The Hall–Kier alpha value is -3.67. The van der Waals surface area contributed by atoms with Crippen molar-refractivity contribution < 1.29 is 36.3 Å². The summed E-state index contributed by atoms with van der Waals surface area (Å²) in [5.41, 5.74) is -0.684. The van der Waals surface area contributed by atoms with Gasteiger partial charge < -0.3 is 15.7 Å². The second-order valence-electron chi connectivity index (χ2n) is 8.88. The number of carbonyl (C=O) groups excluding carboxylic acids is 2. The number of fused-ring (bicyclic) bond motifs is 2. The molecular weight excluding hydrogens is 511 g/mol. The van der Waals surface area contributed by atoms with E-state index in [0.717, 1.165) is 18.2 Å². The molecule has 3 N–H and O–H groups in total.